The second-order valence-corrected chi connectivity index (χ2v) is 0.892. The number of Topliss-reactive ketones (excluding diaryl/α,β-unsaturated/α-hetero) is 1. The summed E-state index contributed by atoms with van der Waals surface area (Å²) in [5.41, 5.74) is 0. The molecule has 0 aliphatic carbocycles. The Labute approximate surface area is 48.0 Å². The van der Waals surface area contributed by atoms with Crippen molar-refractivity contribution in [2.75, 3.05) is 0 Å². The topological polar surface area (TPSA) is 17.1 Å². The molecular weight excluding hydrogens is 123 g/mol. The molecule has 0 aliphatic heterocycles. The van der Waals surface area contributed by atoms with Gasteiger partial charge in [0.1, 0.15) is 5.78 Å². The Morgan fingerprint density at radius 2 is 2.00 bits per heavy atom. The number of hydrogen-bond donors (Lipinski definition) is 0. The SMILES string of the molecule is [CH2]C(=O)CC.[Ni]. The first kappa shape index (κ1) is 9.48. The Balaban J connectivity index is 0. The van der Waals surface area contributed by atoms with Crippen LogP contribution in [-0.4, -0.2) is 5.78 Å². The zero-order valence-electron chi connectivity index (χ0n) is 3.64. The predicted octanol–water partition coefficient (Wildman–Crippen LogP) is 0.797. The molecule has 0 aromatic heterocycles. The van der Waals surface area contributed by atoms with Crippen molar-refractivity contribution in [1.82, 2.24) is 0 Å². The molecule has 0 saturated carbocycles. The summed E-state index contributed by atoms with van der Waals surface area (Å²) in [6.07, 6.45) is 0.556. The molecule has 0 aliphatic rings. The number of carbonyl (C=O) groups is 1. The number of rotatable bonds is 1. The summed E-state index contributed by atoms with van der Waals surface area (Å²) in [6.45, 7) is 4.91. The molecule has 39 valence electrons. The quantitative estimate of drug-likeness (QED) is 0.479. The first-order valence-corrected chi connectivity index (χ1v) is 1.62. The summed E-state index contributed by atoms with van der Waals surface area (Å²) in [7, 11) is 0. The van der Waals surface area contributed by atoms with E-state index in [0.29, 0.717) is 6.42 Å². The van der Waals surface area contributed by atoms with E-state index in [1.807, 2.05) is 0 Å². The third kappa shape index (κ3) is 8.90. The van der Waals surface area contributed by atoms with E-state index in [-0.39, 0.29) is 22.3 Å². The van der Waals surface area contributed by atoms with Crippen LogP contribution in [0.25, 0.3) is 0 Å². The van der Waals surface area contributed by atoms with E-state index in [2.05, 4.69) is 6.92 Å². The van der Waals surface area contributed by atoms with Crippen molar-refractivity contribution >= 4 is 5.78 Å². The molecule has 0 bridgehead atoms. The van der Waals surface area contributed by atoms with Gasteiger partial charge >= 0.3 is 0 Å². The van der Waals surface area contributed by atoms with Crippen LogP contribution in [0, 0.1) is 6.92 Å². The fourth-order valence-electron chi connectivity index (χ4n) is 0. The molecule has 0 N–H and O–H groups in total. The van der Waals surface area contributed by atoms with Gasteiger partial charge in [0, 0.05) is 29.8 Å². The van der Waals surface area contributed by atoms with Crippen molar-refractivity contribution in [2.45, 2.75) is 13.3 Å². The molecule has 0 atom stereocenters. The average molecular weight is 130 g/mol. The molecule has 2 heteroatoms. The maximum absolute atomic E-state index is 9.70. The average Bonchev–Trinajstić information content (AvgIpc) is 1.38. The largest absolute Gasteiger partial charge is 0.300 e. The van der Waals surface area contributed by atoms with Gasteiger partial charge in [0.15, 0.2) is 0 Å². The third-order valence-electron chi connectivity index (χ3n) is 0.394. The summed E-state index contributed by atoms with van der Waals surface area (Å²) < 4.78 is 0. The minimum absolute atomic E-state index is 0. The standard InChI is InChI=1S/C4H7O.Ni/c1-3-4(2)5;/h2-3H2,1H3;. The number of hydrogen-bond acceptors (Lipinski definition) is 1. The maximum atomic E-state index is 9.70. The van der Waals surface area contributed by atoms with Gasteiger partial charge in [-0.1, -0.05) is 6.92 Å². The van der Waals surface area contributed by atoms with E-state index < -0.39 is 0 Å². The van der Waals surface area contributed by atoms with Gasteiger partial charge < -0.3 is 0 Å². The fraction of sp³-hybridized carbons (Fsp3) is 0.500. The van der Waals surface area contributed by atoms with Crippen molar-refractivity contribution in [3.8, 4) is 0 Å². The van der Waals surface area contributed by atoms with Crippen LogP contribution in [0.1, 0.15) is 13.3 Å². The van der Waals surface area contributed by atoms with Crippen LogP contribution in [0.4, 0.5) is 0 Å². The first-order chi connectivity index (χ1) is 2.27. The van der Waals surface area contributed by atoms with Gasteiger partial charge in [-0.2, -0.15) is 0 Å². The zero-order chi connectivity index (χ0) is 4.28. The second kappa shape index (κ2) is 5.16. The van der Waals surface area contributed by atoms with Crippen LogP contribution < -0.4 is 0 Å². The predicted molar refractivity (Wildman–Crippen MR) is 20.7 cm³/mol. The van der Waals surface area contributed by atoms with Crippen LogP contribution in [0.3, 0.4) is 0 Å². The van der Waals surface area contributed by atoms with Crippen molar-refractivity contribution in [3.05, 3.63) is 6.92 Å². The molecule has 0 heterocycles. The van der Waals surface area contributed by atoms with E-state index in [1.165, 1.54) is 0 Å². The van der Waals surface area contributed by atoms with E-state index in [0.717, 1.165) is 0 Å². The maximum Gasteiger partial charge on any atom is 0.133 e. The Bertz CT molecular complexity index is 42.8. The van der Waals surface area contributed by atoms with Crippen LogP contribution in [0.5, 0.6) is 0 Å². The summed E-state index contributed by atoms with van der Waals surface area (Å²) in [5, 5.41) is 0. The number of carbonyl (C=O) groups excluding carboxylic acids is 1. The molecule has 0 aromatic carbocycles. The molecular formula is C4H7NiO. The molecule has 0 amide bonds. The van der Waals surface area contributed by atoms with Gasteiger partial charge in [-0.3, -0.25) is 4.79 Å². The Morgan fingerprint density at radius 3 is 2.00 bits per heavy atom. The molecule has 0 aromatic rings. The summed E-state index contributed by atoms with van der Waals surface area (Å²) in [4.78, 5) is 9.70. The molecule has 0 spiro atoms. The molecule has 0 unspecified atom stereocenters. The normalized spacial score (nSPS) is 6.33. The summed E-state index contributed by atoms with van der Waals surface area (Å²) in [6, 6.07) is 0. The van der Waals surface area contributed by atoms with E-state index in [9.17, 15) is 4.79 Å². The van der Waals surface area contributed by atoms with Gasteiger partial charge in [-0.15, -0.1) is 0 Å². The molecule has 1 nitrogen and oxygen atoms in total. The second-order valence-electron chi connectivity index (χ2n) is 0.892. The summed E-state index contributed by atoms with van der Waals surface area (Å²) in [5.74, 6) is 0.00463. The van der Waals surface area contributed by atoms with Crippen molar-refractivity contribution in [1.29, 1.82) is 0 Å². The fourth-order valence-corrected chi connectivity index (χ4v) is 0. The van der Waals surface area contributed by atoms with Crippen LogP contribution in [-0.2, 0) is 21.3 Å². The zero-order valence-corrected chi connectivity index (χ0v) is 4.63. The van der Waals surface area contributed by atoms with Crippen LogP contribution in [0.2, 0.25) is 0 Å². The Hall–Kier alpha value is 0.164. The monoisotopic (exact) mass is 129 g/mol. The van der Waals surface area contributed by atoms with Crippen LogP contribution >= 0.6 is 0 Å². The van der Waals surface area contributed by atoms with Gasteiger partial charge in [-0.05, 0) is 0 Å². The summed E-state index contributed by atoms with van der Waals surface area (Å²) >= 11 is 0. The van der Waals surface area contributed by atoms with E-state index in [1.54, 1.807) is 6.92 Å². The van der Waals surface area contributed by atoms with Crippen molar-refractivity contribution in [3.63, 3.8) is 0 Å². The molecule has 1 radical (unpaired) electrons. The molecule has 0 rings (SSSR count). The smallest absolute Gasteiger partial charge is 0.133 e. The Kier molecular flexibility index (Phi) is 8.16. The van der Waals surface area contributed by atoms with Crippen molar-refractivity contribution in [2.24, 2.45) is 0 Å². The van der Waals surface area contributed by atoms with Gasteiger partial charge in [0.05, 0.1) is 0 Å². The van der Waals surface area contributed by atoms with E-state index >= 15 is 0 Å². The minimum atomic E-state index is 0. The van der Waals surface area contributed by atoms with Crippen molar-refractivity contribution < 1.29 is 21.3 Å². The number of ketones is 1. The molecule has 0 saturated heterocycles. The van der Waals surface area contributed by atoms with Gasteiger partial charge in [0.25, 0.3) is 0 Å². The van der Waals surface area contributed by atoms with Gasteiger partial charge in [0.2, 0.25) is 0 Å². The van der Waals surface area contributed by atoms with Gasteiger partial charge in [-0.25, -0.2) is 0 Å². The molecule has 0 fully saturated rings. The van der Waals surface area contributed by atoms with E-state index in [4.69, 9.17) is 0 Å². The third-order valence-corrected chi connectivity index (χ3v) is 0.394. The van der Waals surface area contributed by atoms with Crippen LogP contribution in [0.15, 0.2) is 0 Å². The molecule has 6 heavy (non-hydrogen) atoms. The minimum Gasteiger partial charge on any atom is -0.300 e. The Morgan fingerprint density at radius 1 is 1.83 bits per heavy atom. The first-order valence-electron chi connectivity index (χ1n) is 1.62.